The van der Waals surface area contributed by atoms with Crippen molar-refractivity contribution in [2.75, 3.05) is 0 Å². The molecule has 0 aliphatic heterocycles. The third kappa shape index (κ3) is 157. The van der Waals surface area contributed by atoms with Gasteiger partial charge in [-0.3, -0.25) is 0 Å². The molecule has 0 saturated carbocycles. The Labute approximate surface area is 68.4 Å². The van der Waals surface area contributed by atoms with Crippen LogP contribution >= 0.6 is 0 Å². The quantitative estimate of drug-likeness (QED) is 0.388. The van der Waals surface area contributed by atoms with E-state index >= 15 is 0 Å². The molecule has 0 atom stereocenters. The van der Waals surface area contributed by atoms with Gasteiger partial charge in [0.2, 0.25) is 0 Å². The van der Waals surface area contributed by atoms with Crippen LogP contribution in [0.25, 0.3) is 0 Å². The smallest absolute Gasteiger partial charge is 1.00 e. The van der Waals surface area contributed by atoms with Crippen LogP contribution in [0, 0.1) is 0 Å². The monoisotopic (exact) mass is 289 g/mol. The third-order valence-electron chi connectivity index (χ3n) is 0. The fraction of sp³-hybridized carbons (Fsp3) is 0. The van der Waals surface area contributed by atoms with Crippen molar-refractivity contribution in [3.63, 3.8) is 0 Å². The maximum atomic E-state index is 0. The van der Waals surface area contributed by atoms with Gasteiger partial charge in [0.1, 0.15) is 0 Å². The minimum Gasteiger partial charge on any atom is -1.00 e. The molecule has 0 aromatic heterocycles. The molecule has 0 rings (SSSR count). The average Bonchev–Trinajstić information content (AvgIpc) is 0. The van der Waals surface area contributed by atoms with Gasteiger partial charge in [-0.2, -0.15) is 0 Å². The Kier molecular flexibility index (Phi) is 11200. The minimum absolute atomic E-state index is 0. The summed E-state index contributed by atoms with van der Waals surface area (Å²) in [5.41, 5.74) is 0. The van der Waals surface area contributed by atoms with Crippen LogP contribution in [0.5, 0.6) is 0 Å². The summed E-state index contributed by atoms with van der Waals surface area (Å²) in [6.45, 7) is 0. The summed E-state index contributed by atoms with van der Waals surface area (Å²) in [6.07, 6.45) is 0. The molecule has 0 radical (unpaired) electrons. The van der Waals surface area contributed by atoms with Crippen molar-refractivity contribution in [3.8, 4) is 0 Å². The molecule has 7 heavy (non-hydrogen) atoms. The van der Waals surface area contributed by atoms with E-state index in [4.69, 9.17) is 0 Å². The van der Waals surface area contributed by atoms with E-state index in [1.807, 2.05) is 0 Å². The molecule has 0 fully saturated rings. The average molecular weight is 289 g/mol. The summed E-state index contributed by atoms with van der Waals surface area (Å²) in [6, 6.07) is 0. The van der Waals surface area contributed by atoms with E-state index in [9.17, 15) is 0 Å². The molecule has 0 aromatic carbocycles. The van der Waals surface area contributed by atoms with E-state index in [1.165, 1.54) is 0 Å². The van der Waals surface area contributed by atoms with Crippen molar-refractivity contribution < 1.29 is 44.4 Å². The summed E-state index contributed by atoms with van der Waals surface area (Å²) in [5.74, 6) is 0. The zero-order valence-corrected chi connectivity index (χ0v) is 7.82. The summed E-state index contributed by atoms with van der Waals surface area (Å²) >= 11 is 0. The Balaban J connectivity index is 0. The Bertz CT molecular complexity index is 8.04. The van der Waals surface area contributed by atoms with Crippen LogP contribution in [0.3, 0.4) is 0 Å². The first-order valence-electron chi connectivity index (χ1n) is 0. The standard InChI is InChI=1S/BrH.5H2O.Sn/h1H;5*1H2;/q;;;;;;+4/p-1. The summed E-state index contributed by atoms with van der Waals surface area (Å²) in [7, 11) is 0. The Morgan fingerprint density at radius 3 is 0.429 bits per heavy atom. The van der Waals surface area contributed by atoms with Crippen LogP contribution in [0.4, 0.5) is 0 Å². The molecule has 0 aliphatic rings. The molecule has 0 bridgehead atoms. The number of halogens is 1. The van der Waals surface area contributed by atoms with Gasteiger partial charge in [-0.25, -0.2) is 0 Å². The first-order valence-corrected chi connectivity index (χ1v) is 0. The van der Waals surface area contributed by atoms with Gasteiger partial charge in [0.05, 0.1) is 0 Å². The van der Waals surface area contributed by atoms with Crippen molar-refractivity contribution in [2.24, 2.45) is 0 Å². The molecule has 48 valence electrons. The van der Waals surface area contributed by atoms with Gasteiger partial charge in [0.15, 0.2) is 0 Å². The molecule has 0 spiro atoms. The van der Waals surface area contributed by atoms with Crippen LogP contribution in [0.15, 0.2) is 0 Å². The van der Waals surface area contributed by atoms with E-state index in [0.29, 0.717) is 0 Å². The zero-order chi connectivity index (χ0) is 0. The van der Waals surface area contributed by atoms with Gasteiger partial charge >= 0.3 is 23.9 Å². The molecule has 0 saturated heterocycles. The van der Waals surface area contributed by atoms with Crippen molar-refractivity contribution in [2.45, 2.75) is 0 Å². The zero-order valence-electron chi connectivity index (χ0n) is 3.38. The number of rotatable bonds is 0. The fourth-order valence-corrected chi connectivity index (χ4v) is 0. The van der Waals surface area contributed by atoms with Gasteiger partial charge in [-0.05, 0) is 0 Å². The molecule has 0 amide bonds. The van der Waals surface area contributed by atoms with Crippen molar-refractivity contribution in [3.05, 3.63) is 0 Å². The fourth-order valence-electron chi connectivity index (χ4n) is 0. The molecule has 0 heterocycles. The SMILES string of the molecule is O.O.O.O.O.[Br-].[Sn+4]. The molecule has 5 nitrogen and oxygen atoms in total. The molecule has 7 heteroatoms. The summed E-state index contributed by atoms with van der Waals surface area (Å²) in [4.78, 5) is 0. The largest absolute Gasteiger partial charge is 4.00 e. The van der Waals surface area contributed by atoms with E-state index in [1.54, 1.807) is 0 Å². The van der Waals surface area contributed by atoms with Crippen molar-refractivity contribution >= 4 is 23.9 Å². The van der Waals surface area contributed by atoms with Crippen molar-refractivity contribution in [1.29, 1.82) is 0 Å². The molecule has 0 aromatic rings. The normalized spacial score (nSPS) is 0. The van der Waals surface area contributed by atoms with E-state index in [-0.39, 0.29) is 68.3 Å². The molecular formula is H10BrO5Sn+3. The van der Waals surface area contributed by atoms with Crippen LogP contribution in [-0.2, 0) is 0 Å². The Morgan fingerprint density at radius 2 is 0.429 bits per heavy atom. The second-order valence-corrected chi connectivity index (χ2v) is 0. The second-order valence-electron chi connectivity index (χ2n) is 0. The summed E-state index contributed by atoms with van der Waals surface area (Å²) < 4.78 is 0. The summed E-state index contributed by atoms with van der Waals surface area (Å²) in [5, 5.41) is 0. The maximum Gasteiger partial charge on any atom is 4.00 e. The predicted octanol–water partition coefficient (Wildman–Crippen LogP) is -7.50. The molecule has 0 unspecified atom stereocenters. The van der Waals surface area contributed by atoms with E-state index < -0.39 is 0 Å². The maximum absolute atomic E-state index is 0. The van der Waals surface area contributed by atoms with Crippen LogP contribution in [0.2, 0.25) is 0 Å². The number of hydrogen-bond donors (Lipinski definition) is 0. The van der Waals surface area contributed by atoms with Crippen LogP contribution < -0.4 is 17.0 Å². The first-order chi connectivity index (χ1) is 0. The second kappa shape index (κ2) is 225. The van der Waals surface area contributed by atoms with Crippen LogP contribution in [-0.4, -0.2) is 51.3 Å². The van der Waals surface area contributed by atoms with Gasteiger partial charge in [-0.15, -0.1) is 0 Å². The van der Waals surface area contributed by atoms with Crippen LogP contribution in [0.1, 0.15) is 0 Å². The van der Waals surface area contributed by atoms with Gasteiger partial charge < -0.3 is 44.4 Å². The van der Waals surface area contributed by atoms with Gasteiger partial charge in [-0.1, -0.05) is 0 Å². The third-order valence-corrected chi connectivity index (χ3v) is 0. The molecular weight excluding hydrogens is 279 g/mol. The van der Waals surface area contributed by atoms with E-state index in [0.717, 1.165) is 0 Å². The minimum atomic E-state index is 0. The first kappa shape index (κ1) is 348. The topological polar surface area (TPSA) is 158 Å². The number of hydrogen-bond acceptors (Lipinski definition) is 0. The van der Waals surface area contributed by atoms with Gasteiger partial charge in [0.25, 0.3) is 0 Å². The predicted molar refractivity (Wildman–Crippen MR) is 23.8 cm³/mol. The molecule has 0 aliphatic carbocycles. The van der Waals surface area contributed by atoms with Crippen molar-refractivity contribution in [1.82, 2.24) is 0 Å². The van der Waals surface area contributed by atoms with E-state index in [2.05, 4.69) is 0 Å². The Morgan fingerprint density at radius 1 is 0.429 bits per heavy atom. The van der Waals surface area contributed by atoms with Gasteiger partial charge in [0, 0.05) is 0 Å². The Hall–Kier alpha value is 1.08. The molecule has 10 N–H and O–H groups in total.